The van der Waals surface area contributed by atoms with E-state index in [1.54, 1.807) is 0 Å². The quantitative estimate of drug-likeness (QED) is 0.209. The van der Waals surface area contributed by atoms with Crippen molar-refractivity contribution < 1.29 is 9.84 Å². The molecule has 1 aromatic carbocycles. The van der Waals surface area contributed by atoms with E-state index in [-0.39, 0.29) is 30.1 Å². The summed E-state index contributed by atoms with van der Waals surface area (Å²) in [5, 5.41) is 12.9. The van der Waals surface area contributed by atoms with Gasteiger partial charge in [-0.2, -0.15) is 0 Å². The van der Waals surface area contributed by atoms with Gasteiger partial charge in [0.2, 0.25) is 0 Å². The summed E-state index contributed by atoms with van der Waals surface area (Å²) in [5.74, 6) is 0.512. The molecule has 8 heteroatoms. The van der Waals surface area contributed by atoms with Crippen molar-refractivity contribution in [1.29, 1.82) is 0 Å². The van der Waals surface area contributed by atoms with E-state index in [2.05, 4.69) is 44.4 Å². The van der Waals surface area contributed by atoms with Crippen molar-refractivity contribution in [2.45, 2.75) is 38.5 Å². The molecule has 0 amide bonds. The maximum absolute atomic E-state index is 9.68. The van der Waals surface area contributed by atoms with E-state index in [9.17, 15) is 5.11 Å². The monoisotopic (exact) mass is 517 g/mol. The number of morpholine rings is 1. The minimum Gasteiger partial charge on any atom is -0.393 e. The number of piperidine rings is 1. The van der Waals surface area contributed by atoms with Gasteiger partial charge < -0.3 is 20.9 Å². The van der Waals surface area contributed by atoms with Crippen molar-refractivity contribution >= 4 is 29.9 Å². The summed E-state index contributed by atoms with van der Waals surface area (Å²) in [6, 6.07) is 8.43. The van der Waals surface area contributed by atoms with E-state index in [0.717, 1.165) is 78.3 Å². The van der Waals surface area contributed by atoms with E-state index in [1.807, 2.05) is 0 Å². The first-order valence-electron chi connectivity index (χ1n) is 10.5. The molecule has 1 aromatic rings. The Balaban J connectivity index is 0.00000300. The number of aliphatic hydroxyl groups is 1. The molecule has 2 fully saturated rings. The van der Waals surface area contributed by atoms with Crippen molar-refractivity contribution in [3.63, 3.8) is 0 Å². The van der Waals surface area contributed by atoms with Crippen LogP contribution in [0.1, 0.15) is 30.4 Å². The van der Waals surface area contributed by atoms with Gasteiger partial charge in [-0.1, -0.05) is 24.3 Å². The number of nitrogens with one attached hydrogen (secondary N) is 1. The van der Waals surface area contributed by atoms with Gasteiger partial charge in [0, 0.05) is 39.3 Å². The second-order valence-corrected chi connectivity index (χ2v) is 7.71. The number of likely N-dealkylation sites (tertiary alicyclic amines) is 1. The Morgan fingerprint density at radius 3 is 2.52 bits per heavy atom. The lowest BCUT2D eigenvalue weighted by Crippen LogP contribution is -2.39. The number of benzene rings is 1. The Hall–Kier alpha value is -0.940. The molecule has 2 aliphatic heterocycles. The summed E-state index contributed by atoms with van der Waals surface area (Å²) in [4.78, 5) is 9.37. The van der Waals surface area contributed by atoms with Crippen LogP contribution in [0, 0.1) is 0 Å². The van der Waals surface area contributed by atoms with Crippen LogP contribution in [0.5, 0.6) is 0 Å². The van der Waals surface area contributed by atoms with Crippen LogP contribution in [0.25, 0.3) is 0 Å². The highest BCUT2D eigenvalue weighted by Gasteiger charge is 2.17. The van der Waals surface area contributed by atoms with Crippen LogP contribution in [0.15, 0.2) is 29.3 Å². The second-order valence-electron chi connectivity index (χ2n) is 7.71. The summed E-state index contributed by atoms with van der Waals surface area (Å²) >= 11 is 0. The van der Waals surface area contributed by atoms with Gasteiger partial charge in [-0.15, -0.1) is 24.0 Å². The van der Waals surface area contributed by atoms with Crippen LogP contribution in [0.2, 0.25) is 0 Å². The number of aliphatic hydroxyl groups excluding tert-OH is 1. The van der Waals surface area contributed by atoms with Gasteiger partial charge in [0.25, 0.3) is 0 Å². The molecular formula is C21H36IN5O2. The highest BCUT2D eigenvalue weighted by Crippen LogP contribution is 2.17. The minimum atomic E-state index is -0.134. The Morgan fingerprint density at radius 2 is 1.79 bits per heavy atom. The minimum absolute atomic E-state index is 0. The molecule has 0 spiro atoms. The summed E-state index contributed by atoms with van der Waals surface area (Å²) in [6.45, 7) is 9.04. The largest absolute Gasteiger partial charge is 0.393 e. The van der Waals surface area contributed by atoms with E-state index in [4.69, 9.17) is 10.5 Å². The number of halogens is 1. The lowest BCUT2D eigenvalue weighted by atomic mass is 10.0. The molecule has 0 atom stereocenters. The van der Waals surface area contributed by atoms with Gasteiger partial charge in [-0.05, 0) is 36.9 Å². The van der Waals surface area contributed by atoms with Gasteiger partial charge in [0.15, 0.2) is 5.96 Å². The topological polar surface area (TPSA) is 86.3 Å². The fourth-order valence-electron chi connectivity index (χ4n) is 3.75. The zero-order valence-corrected chi connectivity index (χ0v) is 19.6. The SMILES string of the molecule is I.NC(=NCc1ccccc1CN1CCC(O)CC1)NCCCN1CCOCC1. The predicted molar refractivity (Wildman–Crippen MR) is 128 cm³/mol. The number of ether oxygens (including phenoxy) is 1. The van der Waals surface area contributed by atoms with Crippen molar-refractivity contribution in [3.05, 3.63) is 35.4 Å². The molecule has 7 nitrogen and oxygen atoms in total. The third-order valence-electron chi connectivity index (χ3n) is 5.55. The Labute approximate surface area is 191 Å². The standard InChI is InChI=1S/C21H35N5O2.HI/c22-21(23-8-3-9-25-12-14-28-15-13-25)24-16-18-4-1-2-5-19(18)17-26-10-6-20(27)7-11-26;/h1-2,4-5,20,27H,3,6-17H2,(H3,22,23,24);1H. The van der Waals surface area contributed by atoms with Gasteiger partial charge in [0.05, 0.1) is 25.9 Å². The fraction of sp³-hybridized carbons (Fsp3) is 0.667. The number of hydrogen-bond donors (Lipinski definition) is 3. The van der Waals surface area contributed by atoms with Crippen LogP contribution in [0.4, 0.5) is 0 Å². The maximum atomic E-state index is 9.68. The molecule has 0 saturated carbocycles. The molecule has 2 aliphatic rings. The fourth-order valence-corrected chi connectivity index (χ4v) is 3.75. The van der Waals surface area contributed by atoms with Crippen LogP contribution in [-0.4, -0.2) is 79.5 Å². The summed E-state index contributed by atoms with van der Waals surface area (Å²) in [7, 11) is 0. The number of aliphatic imine (C=N–C) groups is 1. The van der Waals surface area contributed by atoms with Crippen molar-refractivity contribution in [1.82, 2.24) is 15.1 Å². The Kier molecular flexibility index (Phi) is 11.2. The molecule has 2 heterocycles. The average molecular weight is 517 g/mol. The summed E-state index contributed by atoms with van der Waals surface area (Å²) < 4.78 is 5.37. The average Bonchev–Trinajstić information content (AvgIpc) is 2.73. The first-order chi connectivity index (χ1) is 13.7. The van der Waals surface area contributed by atoms with Crippen molar-refractivity contribution in [3.8, 4) is 0 Å². The van der Waals surface area contributed by atoms with Gasteiger partial charge in [-0.3, -0.25) is 9.80 Å². The zero-order valence-electron chi connectivity index (χ0n) is 17.3. The number of nitrogens with two attached hydrogens (primary N) is 1. The van der Waals surface area contributed by atoms with Gasteiger partial charge in [0.1, 0.15) is 0 Å². The van der Waals surface area contributed by atoms with E-state index < -0.39 is 0 Å². The summed E-state index contributed by atoms with van der Waals surface area (Å²) in [6.07, 6.45) is 2.64. The third-order valence-corrected chi connectivity index (χ3v) is 5.55. The molecular weight excluding hydrogens is 481 g/mol. The van der Waals surface area contributed by atoms with Crippen LogP contribution in [-0.2, 0) is 17.8 Å². The first kappa shape index (κ1) is 24.3. The highest BCUT2D eigenvalue weighted by molar-refractivity contribution is 14.0. The lowest BCUT2D eigenvalue weighted by molar-refractivity contribution is 0.0376. The third kappa shape index (κ3) is 8.75. The second kappa shape index (κ2) is 13.4. The van der Waals surface area contributed by atoms with E-state index in [1.165, 1.54) is 11.1 Å². The van der Waals surface area contributed by atoms with Gasteiger partial charge in [-0.25, -0.2) is 4.99 Å². The van der Waals surface area contributed by atoms with Crippen LogP contribution < -0.4 is 11.1 Å². The first-order valence-corrected chi connectivity index (χ1v) is 10.5. The molecule has 0 unspecified atom stereocenters. The van der Waals surface area contributed by atoms with Crippen molar-refractivity contribution in [2.75, 3.05) is 52.5 Å². The number of hydrogen-bond acceptors (Lipinski definition) is 5. The Morgan fingerprint density at radius 1 is 1.10 bits per heavy atom. The normalized spacial score (nSPS) is 19.7. The molecule has 0 aliphatic carbocycles. The highest BCUT2D eigenvalue weighted by atomic mass is 127. The molecule has 0 bridgehead atoms. The van der Waals surface area contributed by atoms with E-state index in [0.29, 0.717) is 12.5 Å². The molecule has 164 valence electrons. The lowest BCUT2D eigenvalue weighted by Gasteiger charge is -2.30. The number of guanidine groups is 1. The van der Waals surface area contributed by atoms with E-state index >= 15 is 0 Å². The molecule has 0 radical (unpaired) electrons. The van der Waals surface area contributed by atoms with Crippen molar-refractivity contribution in [2.24, 2.45) is 10.7 Å². The Bertz CT molecular complexity index is 617. The molecule has 3 rings (SSSR count). The number of nitrogens with zero attached hydrogens (tertiary/aromatic N) is 3. The molecule has 0 aromatic heterocycles. The molecule has 2 saturated heterocycles. The molecule has 4 N–H and O–H groups in total. The number of rotatable bonds is 8. The molecule has 29 heavy (non-hydrogen) atoms. The van der Waals surface area contributed by atoms with Crippen LogP contribution >= 0.6 is 24.0 Å². The van der Waals surface area contributed by atoms with Crippen LogP contribution in [0.3, 0.4) is 0 Å². The smallest absolute Gasteiger partial charge is 0.188 e. The predicted octanol–water partition coefficient (Wildman–Crippen LogP) is 1.39. The maximum Gasteiger partial charge on any atom is 0.188 e. The summed E-state index contributed by atoms with van der Waals surface area (Å²) in [5.41, 5.74) is 8.57. The zero-order chi connectivity index (χ0) is 19.6. The van der Waals surface area contributed by atoms with Gasteiger partial charge >= 0.3 is 0 Å².